The van der Waals surface area contributed by atoms with Crippen molar-refractivity contribution in [3.8, 4) is 0 Å². The fraction of sp³-hybridized carbons (Fsp3) is 0.867. The highest BCUT2D eigenvalue weighted by atomic mass is 16.5. The lowest BCUT2D eigenvalue weighted by Gasteiger charge is -2.23. The molecule has 0 bridgehead atoms. The highest BCUT2D eigenvalue weighted by Crippen LogP contribution is 2.50. The van der Waals surface area contributed by atoms with Crippen LogP contribution in [0.2, 0.25) is 0 Å². The van der Waals surface area contributed by atoms with E-state index in [9.17, 15) is 0 Å². The van der Waals surface area contributed by atoms with Gasteiger partial charge in [0, 0.05) is 0 Å². The van der Waals surface area contributed by atoms with Crippen molar-refractivity contribution in [3.63, 3.8) is 0 Å². The normalized spacial score (nSPS) is 20.4. The van der Waals surface area contributed by atoms with Gasteiger partial charge in [0.15, 0.2) is 0 Å². The van der Waals surface area contributed by atoms with E-state index in [4.69, 9.17) is 4.74 Å². The molecule has 1 aliphatic rings. The van der Waals surface area contributed by atoms with Gasteiger partial charge in [0.05, 0.1) is 12.2 Å². The third-order valence-corrected chi connectivity index (χ3v) is 2.94. The van der Waals surface area contributed by atoms with Gasteiger partial charge in [-0.1, -0.05) is 32.9 Å². The Morgan fingerprint density at radius 1 is 1.06 bits per heavy atom. The molecule has 0 spiro atoms. The van der Waals surface area contributed by atoms with E-state index >= 15 is 0 Å². The average molecular weight is 224 g/mol. The first-order valence-electron chi connectivity index (χ1n) is 6.44. The maximum absolute atomic E-state index is 5.91. The fourth-order valence-electron chi connectivity index (χ4n) is 1.62. The fourth-order valence-corrected chi connectivity index (χ4v) is 1.62. The zero-order valence-electron chi connectivity index (χ0n) is 11.9. The largest absolute Gasteiger partial charge is 0.375 e. The van der Waals surface area contributed by atoms with E-state index in [-0.39, 0.29) is 5.60 Å². The van der Waals surface area contributed by atoms with E-state index < -0.39 is 0 Å². The second-order valence-corrected chi connectivity index (χ2v) is 7.37. The van der Waals surface area contributed by atoms with E-state index in [2.05, 4.69) is 53.7 Å². The molecule has 94 valence electrons. The maximum Gasteiger partial charge on any atom is 0.0598 e. The van der Waals surface area contributed by atoms with Crippen molar-refractivity contribution in [1.82, 2.24) is 0 Å². The highest BCUT2D eigenvalue weighted by molar-refractivity contribution is 5.02. The van der Waals surface area contributed by atoms with Gasteiger partial charge in [0.2, 0.25) is 0 Å². The van der Waals surface area contributed by atoms with Crippen LogP contribution in [0.1, 0.15) is 60.8 Å². The third-order valence-electron chi connectivity index (χ3n) is 2.94. The minimum atomic E-state index is 0.00330. The molecule has 0 atom stereocenters. The lowest BCUT2D eigenvalue weighted by Crippen LogP contribution is -2.24. The van der Waals surface area contributed by atoms with Gasteiger partial charge in [-0.15, -0.1) is 0 Å². The number of hydrogen-bond acceptors (Lipinski definition) is 1. The van der Waals surface area contributed by atoms with Gasteiger partial charge in [-0.25, -0.2) is 0 Å². The molecule has 1 heteroatoms. The van der Waals surface area contributed by atoms with Crippen molar-refractivity contribution in [2.24, 2.45) is 10.8 Å². The van der Waals surface area contributed by atoms with Crippen LogP contribution in [0.3, 0.4) is 0 Å². The SMILES string of the molecule is CC(C)(C)/C=C/CC1(COC(C)(C)C)CC1. The number of hydrogen-bond donors (Lipinski definition) is 0. The van der Waals surface area contributed by atoms with Crippen molar-refractivity contribution in [2.45, 2.75) is 66.4 Å². The summed E-state index contributed by atoms with van der Waals surface area (Å²) in [4.78, 5) is 0. The zero-order valence-corrected chi connectivity index (χ0v) is 11.9. The molecule has 0 saturated heterocycles. The molecule has 1 fully saturated rings. The topological polar surface area (TPSA) is 9.23 Å². The average Bonchev–Trinajstić information content (AvgIpc) is 2.79. The van der Waals surface area contributed by atoms with Crippen LogP contribution in [0, 0.1) is 10.8 Å². The van der Waals surface area contributed by atoms with Gasteiger partial charge in [-0.05, 0) is 50.9 Å². The number of rotatable bonds is 4. The minimum absolute atomic E-state index is 0.00330. The summed E-state index contributed by atoms with van der Waals surface area (Å²) >= 11 is 0. The van der Waals surface area contributed by atoms with Crippen LogP contribution >= 0.6 is 0 Å². The van der Waals surface area contributed by atoms with Crippen LogP contribution < -0.4 is 0 Å². The standard InChI is InChI=1S/C15H28O/c1-13(2,3)8-7-9-15(10-11-15)12-16-14(4,5)6/h7-8H,9-12H2,1-6H3/b8-7+. The summed E-state index contributed by atoms with van der Waals surface area (Å²) in [6.45, 7) is 14.1. The lowest BCUT2D eigenvalue weighted by atomic mass is 9.94. The molecule has 1 aliphatic carbocycles. The van der Waals surface area contributed by atoms with Crippen molar-refractivity contribution >= 4 is 0 Å². The summed E-state index contributed by atoms with van der Waals surface area (Å²) in [6, 6.07) is 0. The predicted molar refractivity (Wildman–Crippen MR) is 70.6 cm³/mol. The van der Waals surface area contributed by atoms with Crippen LogP contribution in [0.15, 0.2) is 12.2 Å². The van der Waals surface area contributed by atoms with Crippen LogP contribution in [0.4, 0.5) is 0 Å². The first-order valence-corrected chi connectivity index (χ1v) is 6.44. The monoisotopic (exact) mass is 224 g/mol. The van der Waals surface area contributed by atoms with Gasteiger partial charge in [-0.3, -0.25) is 0 Å². The number of allylic oxidation sites excluding steroid dienone is 2. The third kappa shape index (κ3) is 5.69. The Labute approximate surface area is 101 Å². The quantitative estimate of drug-likeness (QED) is 0.635. The summed E-state index contributed by atoms with van der Waals surface area (Å²) in [6.07, 6.45) is 8.51. The zero-order chi connectivity index (χ0) is 12.4. The van der Waals surface area contributed by atoms with Crippen LogP contribution in [0.5, 0.6) is 0 Å². The second kappa shape index (κ2) is 4.52. The smallest absolute Gasteiger partial charge is 0.0598 e. The Morgan fingerprint density at radius 3 is 2.00 bits per heavy atom. The Morgan fingerprint density at radius 2 is 1.62 bits per heavy atom. The number of ether oxygens (including phenoxy) is 1. The molecule has 1 nitrogen and oxygen atoms in total. The molecule has 0 aromatic carbocycles. The van der Waals surface area contributed by atoms with Gasteiger partial charge in [0.1, 0.15) is 0 Å². The molecule has 1 rings (SSSR count). The Balaban J connectivity index is 2.34. The van der Waals surface area contributed by atoms with Crippen molar-refractivity contribution in [3.05, 3.63) is 12.2 Å². The van der Waals surface area contributed by atoms with Crippen molar-refractivity contribution < 1.29 is 4.74 Å². The van der Waals surface area contributed by atoms with E-state index in [1.807, 2.05) is 0 Å². The Hall–Kier alpha value is -0.300. The molecule has 0 aliphatic heterocycles. The van der Waals surface area contributed by atoms with Gasteiger partial charge >= 0.3 is 0 Å². The van der Waals surface area contributed by atoms with E-state index in [0.717, 1.165) is 6.61 Å². The van der Waals surface area contributed by atoms with E-state index in [1.54, 1.807) is 0 Å². The van der Waals surface area contributed by atoms with E-state index in [0.29, 0.717) is 10.8 Å². The summed E-state index contributed by atoms with van der Waals surface area (Å²) in [5, 5.41) is 0. The Kier molecular flexibility index (Phi) is 3.89. The molecule has 16 heavy (non-hydrogen) atoms. The van der Waals surface area contributed by atoms with Gasteiger partial charge < -0.3 is 4.74 Å². The summed E-state index contributed by atoms with van der Waals surface area (Å²) in [5.74, 6) is 0. The first-order chi connectivity index (χ1) is 7.12. The van der Waals surface area contributed by atoms with Crippen LogP contribution in [-0.2, 0) is 4.74 Å². The summed E-state index contributed by atoms with van der Waals surface area (Å²) in [5.41, 5.74) is 0.777. The lowest BCUT2D eigenvalue weighted by molar-refractivity contribution is -0.0274. The van der Waals surface area contributed by atoms with E-state index in [1.165, 1.54) is 19.3 Å². The minimum Gasteiger partial charge on any atom is -0.375 e. The van der Waals surface area contributed by atoms with Crippen LogP contribution in [0.25, 0.3) is 0 Å². The molecule has 0 heterocycles. The molecule has 0 radical (unpaired) electrons. The molecule has 0 amide bonds. The molecular weight excluding hydrogens is 196 g/mol. The first kappa shape index (κ1) is 13.8. The van der Waals surface area contributed by atoms with Crippen molar-refractivity contribution in [1.29, 1.82) is 0 Å². The molecule has 0 N–H and O–H groups in total. The van der Waals surface area contributed by atoms with Gasteiger partial charge in [-0.2, -0.15) is 0 Å². The Bertz CT molecular complexity index is 246. The second-order valence-electron chi connectivity index (χ2n) is 7.37. The summed E-state index contributed by atoms with van der Waals surface area (Å²) < 4.78 is 5.91. The van der Waals surface area contributed by atoms with Gasteiger partial charge in [0.25, 0.3) is 0 Å². The van der Waals surface area contributed by atoms with Crippen LogP contribution in [-0.4, -0.2) is 12.2 Å². The molecule has 0 aromatic heterocycles. The maximum atomic E-state index is 5.91. The summed E-state index contributed by atoms with van der Waals surface area (Å²) in [7, 11) is 0. The van der Waals surface area contributed by atoms with Crippen molar-refractivity contribution in [2.75, 3.05) is 6.61 Å². The molecule has 1 saturated carbocycles. The molecule has 0 aromatic rings. The predicted octanol–water partition coefficient (Wildman–Crippen LogP) is 4.57. The molecular formula is C15H28O. The molecule has 0 unspecified atom stereocenters. The highest BCUT2D eigenvalue weighted by Gasteiger charge is 2.42.